The van der Waals surface area contributed by atoms with Crippen molar-refractivity contribution < 1.29 is 48.7 Å². The van der Waals surface area contributed by atoms with E-state index < -0.39 is 29.6 Å². The van der Waals surface area contributed by atoms with Crippen molar-refractivity contribution in [3.05, 3.63) is 129 Å². The number of phenols is 2. The average Bonchev–Trinajstić information content (AvgIpc) is 3.36. The van der Waals surface area contributed by atoms with Crippen LogP contribution in [0.25, 0.3) is 0 Å². The quantitative estimate of drug-likeness (QED) is 0.0725. The molecule has 0 saturated carbocycles. The number of esters is 2. The summed E-state index contributed by atoms with van der Waals surface area (Å²) in [6.45, 7) is 0. The highest BCUT2D eigenvalue weighted by atomic mass is 127. The van der Waals surface area contributed by atoms with Crippen molar-refractivity contribution in [2.45, 2.75) is 18.1 Å². The van der Waals surface area contributed by atoms with E-state index in [4.69, 9.17) is 29.8 Å². The maximum absolute atomic E-state index is 13.7. The number of aromatic hydroxyl groups is 2. The van der Waals surface area contributed by atoms with Gasteiger partial charge in [0.05, 0.1) is 21.8 Å². The van der Waals surface area contributed by atoms with Gasteiger partial charge in [-0.3, -0.25) is 4.79 Å². The van der Waals surface area contributed by atoms with Gasteiger partial charge >= 0.3 is 17.9 Å². The van der Waals surface area contributed by atoms with Crippen LogP contribution in [0.1, 0.15) is 43.0 Å². The zero-order valence-electron chi connectivity index (χ0n) is 25.3. The number of carboxylic acids is 1. The van der Waals surface area contributed by atoms with Crippen LogP contribution in [-0.4, -0.2) is 39.3 Å². The fourth-order valence-corrected chi connectivity index (χ4v) is 8.70. The van der Waals surface area contributed by atoms with Crippen molar-refractivity contribution in [2.24, 2.45) is 5.73 Å². The normalized spacial score (nSPS) is 14.1. The fraction of sp³-hybridized carbons (Fsp3) is 0.0833. The van der Waals surface area contributed by atoms with Gasteiger partial charge in [-0.2, -0.15) is 0 Å². The third kappa shape index (κ3) is 6.00. The van der Waals surface area contributed by atoms with E-state index in [1.807, 2.05) is 34.7 Å². The van der Waals surface area contributed by atoms with Gasteiger partial charge in [-0.1, -0.05) is 12.1 Å². The second-order valence-electron chi connectivity index (χ2n) is 11.4. The van der Waals surface area contributed by atoms with Crippen LogP contribution in [0.3, 0.4) is 0 Å². The maximum Gasteiger partial charge on any atom is 0.344 e. The molecule has 2 aliphatic rings. The lowest BCUT2D eigenvalue weighted by Gasteiger charge is -2.36. The number of rotatable bonds is 7. The Morgan fingerprint density at radius 1 is 0.820 bits per heavy atom. The van der Waals surface area contributed by atoms with E-state index >= 15 is 0 Å². The number of carboxylic acid groups (broad SMARTS) is 1. The van der Waals surface area contributed by atoms with Gasteiger partial charge in [0.2, 0.25) is 0 Å². The second-order valence-corrected chi connectivity index (χ2v) is 14.9. The number of carbonyl (C=O) groups excluding carboxylic acids is 2. The Hall–Kier alpha value is -4.14. The summed E-state index contributed by atoms with van der Waals surface area (Å²) in [5, 5.41) is 29.5. The number of nitrogens with two attached hydrogens (primary N) is 1. The molecule has 50 heavy (non-hydrogen) atoms. The third-order valence-electron chi connectivity index (χ3n) is 8.18. The number of halogens is 3. The minimum Gasteiger partial charge on any atom is -0.508 e. The number of hydrogen-bond acceptors (Lipinski definition) is 10. The number of hydrogen-bond donors (Lipinski definition) is 4. The van der Waals surface area contributed by atoms with Crippen molar-refractivity contribution in [1.82, 2.24) is 0 Å². The molecular weight excluding hydrogens is 987 g/mol. The van der Waals surface area contributed by atoms with Gasteiger partial charge in [0, 0.05) is 28.8 Å². The molecule has 0 aromatic heterocycles. The summed E-state index contributed by atoms with van der Waals surface area (Å²) in [5.74, 6) is -1.05. The van der Waals surface area contributed by atoms with Crippen LogP contribution in [0.15, 0.2) is 84.9 Å². The number of fused-ring (bicyclic) bond motifs is 6. The van der Waals surface area contributed by atoms with Crippen molar-refractivity contribution in [2.75, 3.05) is 0 Å². The molecule has 0 saturated heterocycles. The van der Waals surface area contributed by atoms with Crippen LogP contribution >= 0.6 is 67.8 Å². The predicted molar refractivity (Wildman–Crippen MR) is 203 cm³/mol. The summed E-state index contributed by atoms with van der Waals surface area (Å²) in [5.41, 5.74) is 6.18. The first-order valence-electron chi connectivity index (χ1n) is 14.7. The van der Waals surface area contributed by atoms with Gasteiger partial charge in [0.15, 0.2) is 11.4 Å². The van der Waals surface area contributed by atoms with Gasteiger partial charge in [0.25, 0.3) is 0 Å². The summed E-state index contributed by atoms with van der Waals surface area (Å²) in [7, 11) is 0. The third-order valence-corrected chi connectivity index (χ3v) is 10.6. The van der Waals surface area contributed by atoms with Gasteiger partial charge in [-0.25, -0.2) is 9.59 Å². The Kier molecular flexibility index (Phi) is 9.06. The molecule has 1 spiro atoms. The highest BCUT2D eigenvalue weighted by Crippen LogP contribution is 2.57. The van der Waals surface area contributed by atoms with E-state index in [0.717, 1.165) is 12.7 Å². The van der Waals surface area contributed by atoms with Crippen LogP contribution in [0.2, 0.25) is 0 Å². The summed E-state index contributed by atoms with van der Waals surface area (Å²) in [6, 6.07) is 21.2. The lowest BCUT2D eigenvalue weighted by atomic mass is 9.77. The number of ether oxygens (including phenoxy) is 4. The number of benzene rings is 5. The molecule has 0 aliphatic carbocycles. The van der Waals surface area contributed by atoms with Crippen molar-refractivity contribution >= 4 is 85.7 Å². The molecule has 7 rings (SSSR count). The molecule has 2 heterocycles. The number of carbonyl (C=O) groups is 3. The Balaban J connectivity index is 1.18. The van der Waals surface area contributed by atoms with Crippen LogP contribution in [-0.2, 0) is 21.6 Å². The predicted octanol–water partition coefficient (Wildman–Crippen LogP) is 7.45. The Labute approximate surface area is 324 Å². The van der Waals surface area contributed by atoms with Crippen LogP contribution in [0.4, 0.5) is 0 Å². The van der Waals surface area contributed by atoms with E-state index in [-0.39, 0.29) is 46.3 Å². The molecule has 0 bridgehead atoms. The Bertz CT molecular complexity index is 2200. The van der Waals surface area contributed by atoms with E-state index in [9.17, 15) is 24.6 Å². The molecular formula is C36H22I3NO10. The van der Waals surface area contributed by atoms with Gasteiger partial charge in [0.1, 0.15) is 40.5 Å². The molecule has 252 valence electrons. The van der Waals surface area contributed by atoms with Gasteiger partial charge in [-0.15, -0.1) is 0 Å². The smallest absolute Gasteiger partial charge is 0.344 e. The average molecular weight is 1010 g/mol. The Morgan fingerprint density at radius 2 is 1.46 bits per heavy atom. The first kappa shape index (κ1) is 34.3. The summed E-state index contributed by atoms with van der Waals surface area (Å²) >= 11 is 6.26. The number of phenolic OH excluding ortho intramolecular Hbond substituents is 2. The SMILES string of the molecule is N[C@@H](Cc1cc(I)c(Oc2ccc(OC(=O)c3cccc4c3C(=O)OC43c4ccc(O)cc4Oc4cc(O)ccc43)c(I)c2)c(I)c1)C(=O)O. The highest BCUT2D eigenvalue weighted by molar-refractivity contribution is 14.1. The molecule has 1 atom stereocenters. The standard InChI is InChI=1S/C36H22I3NO10/c37-24-15-19(47-32-25(38)10-16(11-26(32)39)12-27(40)33(43)44)6-9-28(24)49-34(45)20-2-1-3-23-31(20)35(46)50-36(23)21-7-4-17(41)13-29(21)48-30-14-18(42)5-8-22(30)36/h1-11,13-15,27,41-42H,12,40H2,(H,43,44)/t27-/m0/s1. The van der Waals surface area contributed by atoms with E-state index in [1.165, 1.54) is 30.3 Å². The summed E-state index contributed by atoms with van der Waals surface area (Å²) in [6.07, 6.45) is 0.174. The number of aliphatic carboxylic acids is 1. The molecule has 5 aromatic rings. The van der Waals surface area contributed by atoms with E-state index in [1.54, 1.807) is 42.5 Å². The van der Waals surface area contributed by atoms with Crippen molar-refractivity contribution in [3.8, 4) is 40.2 Å². The van der Waals surface area contributed by atoms with Crippen LogP contribution in [0, 0.1) is 10.7 Å². The molecule has 5 aromatic carbocycles. The molecule has 0 radical (unpaired) electrons. The summed E-state index contributed by atoms with van der Waals surface area (Å²) in [4.78, 5) is 38.6. The first-order chi connectivity index (χ1) is 23.8. The van der Waals surface area contributed by atoms with Crippen LogP contribution < -0.4 is 19.9 Å². The zero-order chi connectivity index (χ0) is 35.5. The fourth-order valence-electron chi connectivity index (χ4n) is 5.99. The minimum absolute atomic E-state index is 0.0144. The van der Waals surface area contributed by atoms with E-state index in [0.29, 0.717) is 31.8 Å². The van der Waals surface area contributed by atoms with E-state index in [2.05, 4.69) is 45.2 Å². The monoisotopic (exact) mass is 1010 g/mol. The zero-order valence-corrected chi connectivity index (χ0v) is 31.8. The van der Waals surface area contributed by atoms with Gasteiger partial charge < -0.3 is 40.0 Å². The summed E-state index contributed by atoms with van der Waals surface area (Å²) < 4.78 is 26.2. The molecule has 0 unspecified atom stereocenters. The molecule has 14 heteroatoms. The largest absolute Gasteiger partial charge is 0.508 e. The topological polar surface area (TPSA) is 175 Å². The van der Waals surface area contributed by atoms with Crippen LogP contribution in [0.5, 0.6) is 40.2 Å². The Morgan fingerprint density at radius 3 is 2.06 bits per heavy atom. The van der Waals surface area contributed by atoms with Gasteiger partial charge in [-0.05, 0) is 140 Å². The first-order valence-corrected chi connectivity index (χ1v) is 18.0. The molecule has 11 nitrogen and oxygen atoms in total. The van der Waals surface area contributed by atoms with Crippen molar-refractivity contribution in [3.63, 3.8) is 0 Å². The lowest BCUT2D eigenvalue weighted by molar-refractivity contribution is -0.138. The second kappa shape index (κ2) is 13.2. The molecule has 0 fully saturated rings. The van der Waals surface area contributed by atoms with Crippen molar-refractivity contribution in [1.29, 1.82) is 0 Å². The molecule has 2 aliphatic heterocycles. The maximum atomic E-state index is 13.7. The minimum atomic E-state index is -1.53. The lowest BCUT2D eigenvalue weighted by Crippen LogP contribution is -2.32. The molecule has 5 N–H and O–H groups in total. The highest BCUT2D eigenvalue weighted by Gasteiger charge is 2.54. The molecule has 0 amide bonds.